The summed E-state index contributed by atoms with van der Waals surface area (Å²) in [5.74, 6) is -1.59. The molecule has 0 spiro atoms. The molecule has 0 unspecified atom stereocenters. The van der Waals surface area contributed by atoms with Gasteiger partial charge >= 0.3 is 5.97 Å². The summed E-state index contributed by atoms with van der Waals surface area (Å²) in [7, 11) is 0. The van der Waals surface area contributed by atoms with E-state index in [1.165, 1.54) is 30.4 Å². The van der Waals surface area contributed by atoms with Crippen molar-refractivity contribution in [3.8, 4) is 0 Å². The van der Waals surface area contributed by atoms with Crippen LogP contribution in [0, 0.1) is 12.7 Å². The number of halogens is 2. The van der Waals surface area contributed by atoms with Gasteiger partial charge in [-0.1, -0.05) is 18.5 Å². The molecule has 0 aliphatic carbocycles. The van der Waals surface area contributed by atoms with Gasteiger partial charge in [-0.25, -0.2) is 9.18 Å². The molecule has 4 nitrogen and oxygen atoms in total. The van der Waals surface area contributed by atoms with Crippen molar-refractivity contribution in [2.75, 3.05) is 5.32 Å². The first-order valence-electron chi connectivity index (χ1n) is 7.38. The third-order valence-electron chi connectivity index (χ3n) is 3.44. The van der Waals surface area contributed by atoms with Crippen molar-refractivity contribution in [3.63, 3.8) is 0 Å². The molecule has 0 saturated heterocycles. The maximum atomic E-state index is 13.0. The van der Waals surface area contributed by atoms with Gasteiger partial charge in [0.25, 0.3) is 5.91 Å². The molecule has 1 atom stereocenters. The van der Waals surface area contributed by atoms with Crippen LogP contribution in [0.5, 0.6) is 0 Å². The molecule has 24 heavy (non-hydrogen) atoms. The molecule has 7 heteroatoms. The summed E-state index contributed by atoms with van der Waals surface area (Å²) in [6.45, 7) is 5.41. The summed E-state index contributed by atoms with van der Waals surface area (Å²) >= 11 is 7.19. The fourth-order valence-corrected chi connectivity index (χ4v) is 3.28. The largest absolute Gasteiger partial charge is 0.448 e. The minimum absolute atomic E-state index is 0.0725. The van der Waals surface area contributed by atoms with E-state index in [9.17, 15) is 14.0 Å². The highest BCUT2D eigenvalue weighted by molar-refractivity contribution is 7.14. The number of carbonyl (C=O) groups excluding carboxylic acids is 2. The number of esters is 1. The van der Waals surface area contributed by atoms with Crippen molar-refractivity contribution >= 4 is 40.5 Å². The molecular formula is C17H17ClFNO3S. The molecule has 0 aliphatic rings. The average molecular weight is 370 g/mol. The van der Waals surface area contributed by atoms with Crippen LogP contribution in [-0.2, 0) is 16.0 Å². The lowest BCUT2D eigenvalue weighted by Crippen LogP contribution is -2.29. The third-order valence-corrected chi connectivity index (χ3v) is 4.83. The van der Waals surface area contributed by atoms with E-state index in [0.29, 0.717) is 4.88 Å². The number of ether oxygens (including phenoxy) is 1. The number of hydrogen-bond acceptors (Lipinski definition) is 4. The Hall–Kier alpha value is -1.92. The minimum Gasteiger partial charge on any atom is -0.448 e. The molecule has 1 N–H and O–H groups in total. The van der Waals surface area contributed by atoms with Gasteiger partial charge in [0, 0.05) is 4.88 Å². The SMILES string of the molecule is CCc1cc(C(=O)O[C@H](C)C(=O)Nc2ccc(F)cc2Cl)sc1C. The van der Waals surface area contributed by atoms with Gasteiger partial charge in [-0.05, 0) is 50.1 Å². The van der Waals surface area contributed by atoms with Gasteiger partial charge in [0.05, 0.1) is 10.7 Å². The van der Waals surface area contributed by atoms with Gasteiger partial charge in [-0.3, -0.25) is 4.79 Å². The van der Waals surface area contributed by atoms with Gasteiger partial charge in [0.2, 0.25) is 0 Å². The molecule has 0 saturated carbocycles. The quantitative estimate of drug-likeness (QED) is 0.784. The van der Waals surface area contributed by atoms with Crippen LogP contribution in [0.4, 0.5) is 10.1 Å². The Balaban J connectivity index is 2.01. The second-order valence-electron chi connectivity index (χ2n) is 5.21. The van der Waals surface area contributed by atoms with Crippen LogP contribution in [0.15, 0.2) is 24.3 Å². The van der Waals surface area contributed by atoms with E-state index in [4.69, 9.17) is 16.3 Å². The zero-order chi connectivity index (χ0) is 17.9. The summed E-state index contributed by atoms with van der Waals surface area (Å²) in [5.41, 5.74) is 1.34. The summed E-state index contributed by atoms with van der Waals surface area (Å²) in [5, 5.41) is 2.58. The van der Waals surface area contributed by atoms with Crippen LogP contribution in [0.3, 0.4) is 0 Å². The number of anilines is 1. The number of nitrogens with one attached hydrogen (secondary N) is 1. The number of rotatable bonds is 5. The lowest BCUT2D eigenvalue weighted by Gasteiger charge is -2.13. The second kappa shape index (κ2) is 7.77. The van der Waals surface area contributed by atoms with E-state index in [2.05, 4.69) is 5.32 Å². The number of aryl methyl sites for hydroxylation is 2. The number of carbonyl (C=O) groups is 2. The lowest BCUT2D eigenvalue weighted by atomic mass is 10.2. The van der Waals surface area contributed by atoms with E-state index >= 15 is 0 Å². The van der Waals surface area contributed by atoms with E-state index in [1.807, 2.05) is 13.8 Å². The fraction of sp³-hybridized carbons (Fsp3) is 0.294. The summed E-state index contributed by atoms with van der Waals surface area (Å²) in [4.78, 5) is 25.8. The molecule has 0 bridgehead atoms. The first kappa shape index (κ1) is 18.4. The number of benzene rings is 1. The third kappa shape index (κ3) is 4.33. The maximum Gasteiger partial charge on any atom is 0.349 e. The predicted molar refractivity (Wildman–Crippen MR) is 93.4 cm³/mol. The molecule has 0 fully saturated rings. The standard InChI is InChI=1S/C17H17ClFNO3S/c1-4-11-7-15(24-10(11)3)17(22)23-9(2)16(21)20-14-6-5-12(19)8-13(14)18/h5-9H,4H2,1-3H3,(H,20,21)/t9-/m1/s1. The van der Waals surface area contributed by atoms with Crippen molar-refractivity contribution in [2.24, 2.45) is 0 Å². The van der Waals surface area contributed by atoms with E-state index in [1.54, 1.807) is 6.07 Å². The predicted octanol–water partition coefficient (Wildman–Crippen LogP) is 4.60. The minimum atomic E-state index is -1.01. The number of hydrogen-bond donors (Lipinski definition) is 1. The van der Waals surface area contributed by atoms with Crippen LogP contribution in [0.2, 0.25) is 5.02 Å². The second-order valence-corrected chi connectivity index (χ2v) is 6.87. The van der Waals surface area contributed by atoms with Gasteiger partial charge in [0.1, 0.15) is 10.7 Å². The van der Waals surface area contributed by atoms with Crippen molar-refractivity contribution in [2.45, 2.75) is 33.3 Å². The normalized spacial score (nSPS) is 11.9. The highest BCUT2D eigenvalue weighted by atomic mass is 35.5. The first-order valence-corrected chi connectivity index (χ1v) is 8.57. The molecule has 2 rings (SSSR count). The monoisotopic (exact) mass is 369 g/mol. The summed E-state index contributed by atoms with van der Waals surface area (Å²) < 4.78 is 18.2. The number of amides is 1. The Morgan fingerprint density at radius 1 is 1.38 bits per heavy atom. The van der Waals surface area contributed by atoms with E-state index < -0.39 is 23.8 Å². The van der Waals surface area contributed by atoms with Crippen LogP contribution in [0.1, 0.15) is 34.0 Å². The average Bonchev–Trinajstić information content (AvgIpc) is 2.91. The zero-order valence-corrected chi connectivity index (χ0v) is 15.1. The van der Waals surface area contributed by atoms with E-state index in [-0.39, 0.29) is 10.7 Å². The van der Waals surface area contributed by atoms with E-state index in [0.717, 1.165) is 22.9 Å². The summed E-state index contributed by atoms with van der Waals surface area (Å²) in [6.07, 6.45) is -0.180. The maximum absolute atomic E-state index is 13.0. The summed E-state index contributed by atoms with van der Waals surface area (Å²) in [6, 6.07) is 5.40. The molecule has 128 valence electrons. The van der Waals surface area contributed by atoms with Crippen LogP contribution in [0.25, 0.3) is 0 Å². The van der Waals surface area contributed by atoms with Gasteiger partial charge in [0.15, 0.2) is 6.10 Å². The Kier molecular flexibility index (Phi) is 5.96. The topological polar surface area (TPSA) is 55.4 Å². The molecule has 0 aliphatic heterocycles. The Bertz CT molecular complexity index is 775. The first-order chi connectivity index (χ1) is 11.3. The van der Waals surface area contributed by atoms with Crippen molar-refractivity contribution in [1.82, 2.24) is 0 Å². The Labute approximate surface area is 148 Å². The van der Waals surface area contributed by atoms with Crippen LogP contribution in [-0.4, -0.2) is 18.0 Å². The molecule has 1 amide bonds. The van der Waals surface area contributed by atoms with Crippen LogP contribution >= 0.6 is 22.9 Å². The highest BCUT2D eigenvalue weighted by Gasteiger charge is 2.21. The van der Waals surface area contributed by atoms with Gasteiger partial charge < -0.3 is 10.1 Å². The Morgan fingerprint density at radius 3 is 2.67 bits per heavy atom. The molecule has 2 aromatic rings. The van der Waals surface area contributed by atoms with Crippen molar-refractivity contribution < 1.29 is 18.7 Å². The van der Waals surface area contributed by atoms with Gasteiger partial charge in [-0.15, -0.1) is 11.3 Å². The smallest absolute Gasteiger partial charge is 0.349 e. The van der Waals surface area contributed by atoms with Crippen LogP contribution < -0.4 is 5.32 Å². The number of thiophene rings is 1. The fourth-order valence-electron chi connectivity index (χ4n) is 2.07. The highest BCUT2D eigenvalue weighted by Crippen LogP contribution is 2.24. The Morgan fingerprint density at radius 2 is 2.08 bits per heavy atom. The molecule has 1 heterocycles. The molecule has 0 radical (unpaired) electrons. The molecule has 1 aromatic heterocycles. The molecular weight excluding hydrogens is 353 g/mol. The van der Waals surface area contributed by atoms with Crippen molar-refractivity contribution in [3.05, 3.63) is 50.4 Å². The van der Waals surface area contributed by atoms with Crippen molar-refractivity contribution in [1.29, 1.82) is 0 Å². The molecule has 1 aromatic carbocycles. The van der Waals surface area contributed by atoms with Gasteiger partial charge in [-0.2, -0.15) is 0 Å². The lowest BCUT2D eigenvalue weighted by molar-refractivity contribution is -0.123. The zero-order valence-electron chi connectivity index (χ0n) is 13.5.